The van der Waals surface area contributed by atoms with E-state index < -0.39 is 0 Å². The maximum atomic E-state index is 5.04. The number of aliphatic imine (C=N–C) groups is 1. The lowest BCUT2D eigenvalue weighted by Crippen LogP contribution is -2.12. The number of rotatable bonds is 1. The molecule has 0 saturated carbocycles. The van der Waals surface area contributed by atoms with Crippen LogP contribution in [0.15, 0.2) is 28.1 Å². The standard InChI is InChI=1S/C7H7N3O/c1-2-9-6(5-8-1)7-10-3-4-11-7/h2-5,8H,1H2. The van der Waals surface area contributed by atoms with E-state index in [1.54, 1.807) is 18.6 Å². The second-order valence-corrected chi connectivity index (χ2v) is 2.09. The highest BCUT2D eigenvalue weighted by atomic mass is 16.3. The molecule has 0 aliphatic carbocycles. The fraction of sp³-hybridized carbons (Fsp3) is 0.143. The van der Waals surface area contributed by atoms with Crippen molar-refractivity contribution in [1.29, 1.82) is 0 Å². The molecule has 0 spiro atoms. The lowest BCUT2D eigenvalue weighted by atomic mass is 10.4. The lowest BCUT2D eigenvalue weighted by Gasteiger charge is -2.02. The van der Waals surface area contributed by atoms with Gasteiger partial charge in [0, 0.05) is 19.0 Å². The summed E-state index contributed by atoms with van der Waals surface area (Å²) >= 11 is 0. The zero-order chi connectivity index (χ0) is 7.52. The molecule has 0 bridgehead atoms. The van der Waals surface area contributed by atoms with Gasteiger partial charge in [0.05, 0.1) is 6.20 Å². The monoisotopic (exact) mass is 149 g/mol. The first kappa shape index (κ1) is 6.15. The molecule has 4 heteroatoms. The first-order chi connectivity index (χ1) is 5.47. The maximum Gasteiger partial charge on any atom is 0.246 e. The summed E-state index contributed by atoms with van der Waals surface area (Å²) in [6.07, 6.45) is 6.69. The lowest BCUT2D eigenvalue weighted by molar-refractivity contribution is 0.540. The Kier molecular flexibility index (Phi) is 1.44. The largest absolute Gasteiger partial charge is 0.443 e. The van der Waals surface area contributed by atoms with Crippen molar-refractivity contribution in [2.45, 2.75) is 0 Å². The molecule has 1 aliphatic rings. The van der Waals surface area contributed by atoms with E-state index in [1.807, 2.05) is 0 Å². The predicted molar refractivity (Wildman–Crippen MR) is 41.0 cm³/mol. The highest BCUT2D eigenvalue weighted by Gasteiger charge is 2.05. The minimum absolute atomic E-state index is 0.549. The molecule has 11 heavy (non-hydrogen) atoms. The van der Waals surface area contributed by atoms with Crippen LogP contribution in [0.5, 0.6) is 0 Å². The maximum absolute atomic E-state index is 5.04. The van der Waals surface area contributed by atoms with E-state index in [4.69, 9.17) is 4.42 Å². The molecule has 1 aromatic heterocycles. The van der Waals surface area contributed by atoms with Crippen LogP contribution in [0.1, 0.15) is 5.89 Å². The van der Waals surface area contributed by atoms with Gasteiger partial charge in [-0.25, -0.2) is 4.98 Å². The van der Waals surface area contributed by atoms with Crippen molar-refractivity contribution in [3.05, 3.63) is 24.6 Å². The average molecular weight is 149 g/mol. The van der Waals surface area contributed by atoms with Gasteiger partial charge in [0.15, 0.2) is 0 Å². The van der Waals surface area contributed by atoms with Crippen LogP contribution in [0.2, 0.25) is 0 Å². The minimum atomic E-state index is 0.549. The van der Waals surface area contributed by atoms with Crippen LogP contribution in [0.25, 0.3) is 5.70 Å². The molecule has 4 nitrogen and oxygen atoms in total. The van der Waals surface area contributed by atoms with E-state index in [0.717, 1.165) is 12.2 Å². The van der Waals surface area contributed by atoms with Crippen molar-refractivity contribution >= 4 is 11.9 Å². The van der Waals surface area contributed by atoms with Gasteiger partial charge in [0.1, 0.15) is 12.0 Å². The van der Waals surface area contributed by atoms with E-state index in [0.29, 0.717) is 5.89 Å². The van der Waals surface area contributed by atoms with E-state index in [2.05, 4.69) is 15.3 Å². The molecule has 0 unspecified atom stereocenters. The number of hydrogen-bond donors (Lipinski definition) is 1. The van der Waals surface area contributed by atoms with Gasteiger partial charge in [-0.3, -0.25) is 4.99 Å². The summed E-state index contributed by atoms with van der Waals surface area (Å²) in [6, 6.07) is 0. The molecule has 0 atom stereocenters. The third kappa shape index (κ3) is 1.14. The second-order valence-electron chi connectivity index (χ2n) is 2.09. The van der Waals surface area contributed by atoms with Crippen LogP contribution >= 0.6 is 0 Å². The zero-order valence-corrected chi connectivity index (χ0v) is 5.82. The van der Waals surface area contributed by atoms with Crippen molar-refractivity contribution in [2.24, 2.45) is 4.99 Å². The van der Waals surface area contributed by atoms with Crippen molar-refractivity contribution in [3.63, 3.8) is 0 Å². The molecular weight excluding hydrogens is 142 g/mol. The Hall–Kier alpha value is -1.58. The van der Waals surface area contributed by atoms with Crippen LogP contribution in [-0.2, 0) is 0 Å². The highest BCUT2D eigenvalue weighted by Crippen LogP contribution is 2.12. The van der Waals surface area contributed by atoms with Crippen molar-refractivity contribution in [3.8, 4) is 0 Å². The van der Waals surface area contributed by atoms with Crippen LogP contribution < -0.4 is 5.32 Å². The Labute approximate surface area is 63.7 Å². The van der Waals surface area contributed by atoms with Gasteiger partial charge in [-0.2, -0.15) is 0 Å². The molecule has 0 radical (unpaired) electrons. The van der Waals surface area contributed by atoms with Crippen molar-refractivity contribution < 1.29 is 4.42 Å². The van der Waals surface area contributed by atoms with E-state index >= 15 is 0 Å². The van der Waals surface area contributed by atoms with Gasteiger partial charge in [0.25, 0.3) is 0 Å². The van der Waals surface area contributed by atoms with Crippen LogP contribution in [0.4, 0.5) is 0 Å². The van der Waals surface area contributed by atoms with Crippen molar-refractivity contribution in [1.82, 2.24) is 10.3 Å². The fourth-order valence-corrected chi connectivity index (χ4v) is 0.856. The normalized spacial score (nSPS) is 15.8. The smallest absolute Gasteiger partial charge is 0.246 e. The summed E-state index contributed by atoms with van der Waals surface area (Å²) in [4.78, 5) is 8.04. The first-order valence-electron chi connectivity index (χ1n) is 3.33. The van der Waals surface area contributed by atoms with Gasteiger partial charge in [0.2, 0.25) is 5.89 Å². The number of nitrogens with one attached hydrogen (secondary N) is 1. The number of nitrogens with zero attached hydrogens (tertiary/aromatic N) is 2. The van der Waals surface area contributed by atoms with Crippen LogP contribution in [0, 0.1) is 0 Å². The summed E-state index contributed by atoms with van der Waals surface area (Å²) in [6.45, 7) is 0.768. The molecule has 0 saturated heterocycles. The Bertz CT molecular complexity index is 287. The number of hydrogen-bond acceptors (Lipinski definition) is 4. The third-order valence-corrected chi connectivity index (χ3v) is 1.33. The Morgan fingerprint density at radius 2 is 2.55 bits per heavy atom. The van der Waals surface area contributed by atoms with Crippen molar-refractivity contribution in [2.75, 3.05) is 6.54 Å². The predicted octanol–water partition coefficient (Wildman–Crippen LogP) is 0.647. The molecule has 0 aromatic carbocycles. The quantitative estimate of drug-likeness (QED) is 0.637. The molecule has 2 rings (SSSR count). The van der Waals surface area contributed by atoms with Crippen LogP contribution in [0.3, 0.4) is 0 Å². The summed E-state index contributed by atoms with van der Waals surface area (Å²) in [5, 5.41) is 3.01. The zero-order valence-electron chi connectivity index (χ0n) is 5.82. The molecule has 2 heterocycles. The Balaban J connectivity index is 2.29. The topological polar surface area (TPSA) is 50.4 Å². The van der Waals surface area contributed by atoms with Gasteiger partial charge in [-0.15, -0.1) is 0 Å². The minimum Gasteiger partial charge on any atom is -0.443 e. The molecule has 1 aromatic rings. The number of aromatic nitrogens is 1. The third-order valence-electron chi connectivity index (χ3n) is 1.33. The molecule has 1 N–H and O–H groups in total. The second kappa shape index (κ2) is 2.57. The van der Waals surface area contributed by atoms with E-state index in [9.17, 15) is 0 Å². The van der Waals surface area contributed by atoms with E-state index in [1.165, 1.54) is 6.26 Å². The first-order valence-corrected chi connectivity index (χ1v) is 3.33. The Morgan fingerprint density at radius 3 is 3.18 bits per heavy atom. The highest BCUT2D eigenvalue weighted by molar-refractivity contribution is 5.74. The Morgan fingerprint density at radius 1 is 1.55 bits per heavy atom. The molecule has 0 fully saturated rings. The summed E-state index contributed by atoms with van der Waals surface area (Å²) in [5.41, 5.74) is 0.737. The molecule has 0 amide bonds. The molecule has 1 aliphatic heterocycles. The van der Waals surface area contributed by atoms with Gasteiger partial charge < -0.3 is 9.73 Å². The average Bonchev–Trinajstić information content (AvgIpc) is 2.58. The molecular formula is C7H7N3O. The summed E-state index contributed by atoms with van der Waals surface area (Å²) in [7, 11) is 0. The molecule has 56 valence electrons. The van der Waals surface area contributed by atoms with Gasteiger partial charge in [-0.05, 0) is 0 Å². The fourth-order valence-electron chi connectivity index (χ4n) is 0.856. The van der Waals surface area contributed by atoms with E-state index in [-0.39, 0.29) is 0 Å². The summed E-state index contributed by atoms with van der Waals surface area (Å²) < 4.78 is 5.04. The van der Waals surface area contributed by atoms with Gasteiger partial charge >= 0.3 is 0 Å². The van der Waals surface area contributed by atoms with Crippen LogP contribution in [-0.4, -0.2) is 17.7 Å². The van der Waals surface area contributed by atoms with Gasteiger partial charge in [-0.1, -0.05) is 0 Å². The summed E-state index contributed by atoms with van der Waals surface area (Å²) in [5.74, 6) is 0.549. The number of oxazole rings is 1. The SMILES string of the molecule is C1=NC(c2ncco2)=CNC1.